The third-order valence-electron chi connectivity index (χ3n) is 5.05. The van der Waals surface area contributed by atoms with Gasteiger partial charge in [-0.3, -0.25) is 10.1 Å². The lowest BCUT2D eigenvalue weighted by atomic mass is 10.0. The number of fused-ring (bicyclic) bond motifs is 1. The third kappa shape index (κ3) is 3.81. The van der Waals surface area contributed by atoms with Gasteiger partial charge in [0.1, 0.15) is 11.9 Å². The summed E-state index contributed by atoms with van der Waals surface area (Å²) in [6.07, 6.45) is -0.0986. The molecular formula is C22H23ClN4O. The van der Waals surface area contributed by atoms with Crippen molar-refractivity contribution >= 4 is 17.5 Å². The Morgan fingerprint density at radius 2 is 1.89 bits per heavy atom. The minimum Gasteiger partial charge on any atom is -0.347 e. The molecule has 144 valence electrons. The molecule has 1 atom stereocenters. The van der Waals surface area contributed by atoms with Crippen LogP contribution in [-0.4, -0.2) is 22.2 Å². The molecule has 1 aliphatic rings. The number of aromatic nitrogens is 2. The van der Waals surface area contributed by atoms with Crippen LogP contribution in [0.4, 0.5) is 0 Å². The molecule has 2 heterocycles. The van der Waals surface area contributed by atoms with Gasteiger partial charge in [0.15, 0.2) is 0 Å². The molecule has 0 fully saturated rings. The van der Waals surface area contributed by atoms with E-state index in [-0.39, 0.29) is 12.1 Å². The van der Waals surface area contributed by atoms with E-state index in [0.29, 0.717) is 29.7 Å². The summed E-state index contributed by atoms with van der Waals surface area (Å²) < 4.78 is 1.78. The van der Waals surface area contributed by atoms with Crippen molar-refractivity contribution in [1.82, 2.24) is 20.4 Å². The van der Waals surface area contributed by atoms with Crippen LogP contribution in [0.2, 0.25) is 5.02 Å². The molecule has 0 unspecified atom stereocenters. The molecule has 0 radical (unpaired) electrons. The first-order chi connectivity index (χ1) is 13.5. The van der Waals surface area contributed by atoms with Crippen molar-refractivity contribution in [2.24, 2.45) is 0 Å². The topological polar surface area (TPSA) is 58.9 Å². The van der Waals surface area contributed by atoms with E-state index in [0.717, 1.165) is 11.3 Å². The van der Waals surface area contributed by atoms with Crippen molar-refractivity contribution in [2.75, 3.05) is 6.54 Å². The number of rotatable bonds is 5. The number of benzene rings is 2. The number of carbonyl (C=O) groups excluding carboxylic acids is 1. The van der Waals surface area contributed by atoms with Crippen molar-refractivity contribution in [3.8, 4) is 11.3 Å². The smallest absolute Gasteiger partial charge is 0.269 e. The molecule has 5 nitrogen and oxygen atoms in total. The standard InChI is InChI=1S/C22H23ClN4O/c1-14(2)16-5-3-15(4-6-16)12-24-21-13-25-22(28)20-11-19(26-27(20)21)17-7-9-18(23)10-8-17/h3-11,14,21,24H,12-13H2,1-2H3,(H,25,28)/t21-/m0/s1. The predicted octanol–water partition coefficient (Wildman–Crippen LogP) is 4.36. The summed E-state index contributed by atoms with van der Waals surface area (Å²) in [5.41, 5.74) is 4.78. The Bertz CT molecular complexity index is 977. The molecule has 0 saturated heterocycles. The second-order valence-electron chi connectivity index (χ2n) is 7.37. The molecule has 0 aliphatic carbocycles. The first kappa shape index (κ1) is 18.7. The van der Waals surface area contributed by atoms with Crippen LogP contribution in [0.15, 0.2) is 54.6 Å². The molecule has 3 aromatic rings. The summed E-state index contributed by atoms with van der Waals surface area (Å²) in [5, 5.41) is 11.8. The zero-order valence-electron chi connectivity index (χ0n) is 15.9. The van der Waals surface area contributed by atoms with Gasteiger partial charge in [0.05, 0.1) is 12.2 Å². The molecule has 1 aromatic heterocycles. The average Bonchev–Trinajstić information content (AvgIpc) is 3.15. The van der Waals surface area contributed by atoms with E-state index in [9.17, 15) is 4.79 Å². The Labute approximate surface area is 169 Å². The van der Waals surface area contributed by atoms with Gasteiger partial charge in [-0.15, -0.1) is 0 Å². The monoisotopic (exact) mass is 394 g/mol. The van der Waals surface area contributed by atoms with Crippen molar-refractivity contribution in [3.05, 3.63) is 76.4 Å². The molecule has 0 spiro atoms. The number of hydrogen-bond donors (Lipinski definition) is 2. The number of carbonyl (C=O) groups is 1. The molecule has 0 bridgehead atoms. The largest absolute Gasteiger partial charge is 0.347 e. The minimum absolute atomic E-state index is 0.0986. The SMILES string of the molecule is CC(C)c1ccc(CN[C@@H]2CNC(=O)c3cc(-c4ccc(Cl)cc4)nn32)cc1. The number of nitrogens with zero attached hydrogens (tertiary/aromatic N) is 2. The van der Waals surface area contributed by atoms with Crippen molar-refractivity contribution in [2.45, 2.75) is 32.5 Å². The Morgan fingerprint density at radius 1 is 1.18 bits per heavy atom. The third-order valence-corrected chi connectivity index (χ3v) is 5.30. The van der Waals surface area contributed by atoms with Crippen LogP contribution < -0.4 is 10.6 Å². The van der Waals surface area contributed by atoms with Crippen LogP contribution in [0.5, 0.6) is 0 Å². The van der Waals surface area contributed by atoms with Crippen LogP contribution in [0.3, 0.4) is 0 Å². The van der Waals surface area contributed by atoms with Crippen LogP contribution in [0.25, 0.3) is 11.3 Å². The summed E-state index contributed by atoms with van der Waals surface area (Å²) in [5.74, 6) is 0.417. The van der Waals surface area contributed by atoms with Gasteiger partial charge >= 0.3 is 0 Å². The average molecular weight is 395 g/mol. The lowest BCUT2D eigenvalue weighted by molar-refractivity contribution is 0.0900. The van der Waals surface area contributed by atoms with Crippen molar-refractivity contribution in [3.63, 3.8) is 0 Å². The summed E-state index contributed by atoms with van der Waals surface area (Å²) in [6.45, 7) is 5.58. The van der Waals surface area contributed by atoms with Gasteiger partial charge in [-0.1, -0.05) is 61.8 Å². The quantitative estimate of drug-likeness (QED) is 0.676. The molecule has 6 heteroatoms. The van der Waals surface area contributed by atoms with Crippen molar-refractivity contribution in [1.29, 1.82) is 0 Å². The highest BCUT2D eigenvalue weighted by Gasteiger charge is 2.27. The van der Waals surface area contributed by atoms with Gasteiger partial charge in [-0.05, 0) is 35.2 Å². The van der Waals surface area contributed by atoms with Gasteiger partial charge in [-0.25, -0.2) is 4.68 Å². The van der Waals surface area contributed by atoms with Gasteiger partial charge in [0.25, 0.3) is 5.91 Å². The van der Waals surface area contributed by atoms with E-state index >= 15 is 0 Å². The first-order valence-electron chi connectivity index (χ1n) is 9.47. The molecule has 2 N–H and O–H groups in total. The van der Waals surface area contributed by atoms with E-state index in [2.05, 4.69) is 53.8 Å². The molecule has 1 amide bonds. The highest BCUT2D eigenvalue weighted by Crippen LogP contribution is 2.24. The molecular weight excluding hydrogens is 372 g/mol. The van der Waals surface area contributed by atoms with Crippen LogP contribution in [0.1, 0.15) is 47.5 Å². The summed E-state index contributed by atoms with van der Waals surface area (Å²) in [4.78, 5) is 12.3. The lowest BCUT2D eigenvalue weighted by Crippen LogP contribution is -2.45. The Kier molecular flexibility index (Phi) is 5.20. The maximum Gasteiger partial charge on any atom is 0.269 e. The summed E-state index contributed by atoms with van der Waals surface area (Å²) in [7, 11) is 0. The normalized spacial score (nSPS) is 16.1. The van der Waals surface area contributed by atoms with E-state index < -0.39 is 0 Å². The maximum atomic E-state index is 12.3. The lowest BCUT2D eigenvalue weighted by Gasteiger charge is -2.26. The minimum atomic E-state index is -0.105. The highest BCUT2D eigenvalue weighted by atomic mass is 35.5. The Balaban J connectivity index is 1.53. The predicted molar refractivity (Wildman–Crippen MR) is 111 cm³/mol. The Morgan fingerprint density at radius 3 is 2.57 bits per heavy atom. The fraction of sp³-hybridized carbons (Fsp3) is 0.273. The summed E-state index contributed by atoms with van der Waals surface area (Å²) >= 11 is 5.97. The molecule has 1 aliphatic heterocycles. The van der Waals surface area contributed by atoms with E-state index in [1.54, 1.807) is 4.68 Å². The number of nitrogens with one attached hydrogen (secondary N) is 2. The van der Waals surface area contributed by atoms with E-state index in [4.69, 9.17) is 11.6 Å². The van der Waals surface area contributed by atoms with E-state index in [1.165, 1.54) is 11.1 Å². The molecule has 28 heavy (non-hydrogen) atoms. The second-order valence-corrected chi connectivity index (χ2v) is 7.81. The number of halogens is 1. The Hall–Kier alpha value is -2.63. The zero-order valence-corrected chi connectivity index (χ0v) is 16.7. The summed E-state index contributed by atoms with van der Waals surface area (Å²) in [6, 6.07) is 17.9. The maximum absolute atomic E-state index is 12.3. The van der Waals surface area contributed by atoms with Gasteiger partial charge in [-0.2, -0.15) is 5.10 Å². The van der Waals surface area contributed by atoms with Crippen molar-refractivity contribution < 1.29 is 4.79 Å². The fourth-order valence-electron chi connectivity index (χ4n) is 3.34. The highest BCUT2D eigenvalue weighted by molar-refractivity contribution is 6.30. The molecule has 2 aromatic carbocycles. The fourth-order valence-corrected chi connectivity index (χ4v) is 3.47. The van der Waals surface area contributed by atoms with E-state index in [1.807, 2.05) is 30.3 Å². The van der Waals surface area contributed by atoms with Crippen LogP contribution in [-0.2, 0) is 6.54 Å². The van der Waals surface area contributed by atoms with Gasteiger partial charge in [0, 0.05) is 17.1 Å². The second kappa shape index (κ2) is 7.78. The molecule has 4 rings (SSSR count). The van der Waals surface area contributed by atoms with Crippen LogP contribution in [0, 0.1) is 0 Å². The van der Waals surface area contributed by atoms with Gasteiger partial charge in [0.2, 0.25) is 0 Å². The first-order valence-corrected chi connectivity index (χ1v) is 9.85. The number of hydrogen-bond acceptors (Lipinski definition) is 3. The molecule has 0 saturated carbocycles. The van der Waals surface area contributed by atoms with Gasteiger partial charge < -0.3 is 5.32 Å². The van der Waals surface area contributed by atoms with Crippen LogP contribution >= 0.6 is 11.6 Å². The zero-order chi connectivity index (χ0) is 19.7. The number of amides is 1.